The lowest BCUT2D eigenvalue weighted by molar-refractivity contribution is 0.102. The van der Waals surface area contributed by atoms with Crippen LogP contribution in [0.1, 0.15) is 10.4 Å². The largest absolute Gasteiger partial charge is 0.396 e. The number of aromatic nitrogens is 2. The summed E-state index contributed by atoms with van der Waals surface area (Å²) in [6, 6.07) is 4.43. The van der Waals surface area contributed by atoms with Gasteiger partial charge in [0.25, 0.3) is 11.5 Å². The Morgan fingerprint density at radius 3 is 2.89 bits per heavy atom. The zero-order valence-corrected chi connectivity index (χ0v) is 9.75. The highest BCUT2D eigenvalue weighted by atomic mass is 16.2. The lowest BCUT2D eigenvalue weighted by Gasteiger charge is -2.07. The number of aryl methyl sites for hydroxylation is 1. The second-order valence-electron chi connectivity index (χ2n) is 3.78. The van der Waals surface area contributed by atoms with Gasteiger partial charge in [-0.2, -0.15) is 0 Å². The van der Waals surface area contributed by atoms with Crippen molar-refractivity contribution in [2.24, 2.45) is 7.05 Å². The molecule has 0 atom stereocenters. The van der Waals surface area contributed by atoms with E-state index in [0.717, 1.165) is 0 Å². The van der Waals surface area contributed by atoms with E-state index >= 15 is 0 Å². The molecule has 92 valence electrons. The molecular weight excluding hydrogens is 232 g/mol. The smallest absolute Gasteiger partial charge is 0.255 e. The van der Waals surface area contributed by atoms with Crippen molar-refractivity contribution >= 4 is 17.3 Å². The third-order valence-corrected chi connectivity index (χ3v) is 2.47. The van der Waals surface area contributed by atoms with Crippen molar-refractivity contribution in [1.82, 2.24) is 9.55 Å². The maximum atomic E-state index is 11.9. The topological polar surface area (TPSA) is 90.0 Å². The van der Waals surface area contributed by atoms with Crippen molar-refractivity contribution in [2.75, 3.05) is 11.1 Å². The van der Waals surface area contributed by atoms with Gasteiger partial charge < -0.3 is 15.6 Å². The van der Waals surface area contributed by atoms with Gasteiger partial charge in [0.05, 0.1) is 17.6 Å². The van der Waals surface area contributed by atoms with Crippen LogP contribution in [0.15, 0.2) is 41.6 Å². The summed E-state index contributed by atoms with van der Waals surface area (Å²) in [6.07, 6.45) is 4.50. The van der Waals surface area contributed by atoms with Crippen molar-refractivity contribution in [1.29, 1.82) is 0 Å². The minimum atomic E-state index is -0.384. The van der Waals surface area contributed by atoms with Crippen LogP contribution in [0.4, 0.5) is 11.4 Å². The molecule has 0 bridgehead atoms. The summed E-state index contributed by atoms with van der Waals surface area (Å²) in [5.41, 5.74) is 6.54. The van der Waals surface area contributed by atoms with Crippen LogP contribution in [-0.4, -0.2) is 15.5 Å². The number of carbonyl (C=O) groups is 1. The molecule has 2 aromatic heterocycles. The Balaban J connectivity index is 2.25. The molecule has 0 saturated carbocycles. The zero-order chi connectivity index (χ0) is 13.1. The Hall–Kier alpha value is -2.63. The highest BCUT2D eigenvalue weighted by Crippen LogP contribution is 2.15. The Morgan fingerprint density at radius 1 is 1.44 bits per heavy atom. The molecule has 0 aliphatic rings. The molecule has 0 saturated heterocycles. The molecule has 0 aliphatic heterocycles. The van der Waals surface area contributed by atoms with E-state index in [4.69, 9.17) is 5.73 Å². The minimum Gasteiger partial charge on any atom is -0.396 e. The van der Waals surface area contributed by atoms with Gasteiger partial charge in [-0.15, -0.1) is 0 Å². The molecule has 0 radical (unpaired) electrons. The fourth-order valence-electron chi connectivity index (χ4n) is 1.40. The fourth-order valence-corrected chi connectivity index (χ4v) is 1.40. The van der Waals surface area contributed by atoms with Crippen LogP contribution in [-0.2, 0) is 7.05 Å². The number of nitrogens with two attached hydrogens (primary N) is 1. The Morgan fingerprint density at radius 2 is 2.22 bits per heavy atom. The fraction of sp³-hybridized carbons (Fsp3) is 0.0833. The first kappa shape index (κ1) is 11.8. The average Bonchev–Trinajstić information content (AvgIpc) is 2.35. The molecule has 6 nitrogen and oxygen atoms in total. The van der Waals surface area contributed by atoms with E-state index < -0.39 is 0 Å². The first-order valence-corrected chi connectivity index (χ1v) is 5.25. The third kappa shape index (κ3) is 2.37. The van der Waals surface area contributed by atoms with Crippen LogP contribution in [0.2, 0.25) is 0 Å². The molecule has 2 aromatic rings. The zero-order valence-electron chi connectivity index (χ0n) is 9.75. The predicted molar refractivity (Wildman–Crippen MR) is 68.3 cm³/mol. The Labute approximate surface area is 103 Å². The maximum absolute atomic E-state index is 11.9. The van der Waals surface area contributed by atoms with Gasteiger partial charge in [0.1, 0.15) is 0 Å². The predicted octanol–water partition coefficient (Wildman–Crippen LogP) is 0.615. The number of nitrogen functional groups attached to an aromatic ring is 1. The second kappa shape index (κ2) is 4.70. The number of anilines is 2. The lowest BCUT2D eigenvalue weighted by atomic mass is 10.2. The first-order chi connectivity index (χ1) is 8.58. The number of rotatable bonds is 2. The number of amides is 1. The van der Waals surface area contributed by atoms with Gasteiger partial charge in [-0.3, -0.25) is 14.6 Å². The van der Waals surface area contributed by atoms with Gasteiger partial charge in [-0.05, 0) is 12.1 Å². The van der Waals surface area contributed by atoms with Gasteiger partial charge in [-0.25, -0.2) is 0 Å². The first-order valence-electron chi connectivity index (χ1n) is 5.25. The van der Waals surface area contributed by atoms with E-state index in [1.165, 1.54) is 29.2 Å². The SMILES string of the molecule is Cn1ccc(C(=O)Nc2ccncc2N)cc1=O. The number of carbonyl (C=O) groups excluding carboxylic acids is 1. The van der Waals surface area contributed by atoms with Crippen LogP contribution in [0.25, 0.3) is 0 Å². The van der Waals surface area contributed by atoms with Gasteiger partial charge in [0.2, 0.25) is 0 Å². The summed E-state index contributed by atoms with van der Waals surface area (Å²) in [7, 11) is 1.62. The Kier molecular flexibility index (Phi) is 3.09. The molecule has 2 heterocycles. The number of pyridine rings is 2. The highest BCUT2D eigenvalue weighted by molar-refractivity contribution is 6.05. The average molecular weight is 244 g/mol. The van der Waals surface area contributed by atoms with Crippen LogP contribution in [0, 0.1) is 0 Å². The quantitative estimate of drug-likeness (QED) is 0.810. The van der Waals surface area contributed by atoms with E-state index in [1.807, 2.05) is 0 Å². The molecule has 0 aliphatic carbocycles. The van der Waals surface area contributed by atoms with Gasteiger partial charge in [0.15, 0.2) is 0 Å². The van der Waals surface area contributed by atoms with Gasteiger partial charge in [0, 0.05) is 31.1 Å². The second-order valence-corrected chi connectivity index (χ2v) is 3.78. The summed E-state index contributed by atoms with van der Waals surface area (Å²) in [5, 5.41) is 2.62. The van der Waals surface area contributed by atoms with Gasteiger partial charge in [-0.1, -0.05) is 0 Å². The molecule has 0 aromatic carbocycles. The minimum absolute atomic E-state index is 0.245. The molecule has 1 amide bonds. The number of nitrogens with zero attached hydrogens (tertiary/aromatic N) is 2. The van der Waals surface area contributed by atoms with E-state index in [-0.39, 0.29) is 17.0 Å². The maximum Gasteiger partial charge on any atom is 0.255 e. The van der Waals surface area contributed by atoms with E-state index in [0.29, 0.717) is 11.4 Å². The monoisotopic (exact) mass is 244 g/mol. The Bertz CT molecular complexity index is 649. The van der Waals surface area contributed by atoms with Crippen molar-refractivity contribution in [3.05, 3.63) is 52.7 Å². The van der Waals surface area contributed by atoms with Crippen LogP contribution in [0.3, 0.4) is 0 Å². The van der Waals surface area contributed by atoms with E-state index in [1.54, 1.807) is 19.2 Å². The molecule has 0 spiro atoms. The molecule has 2 rings (SSSR count). The molecular formula is C12H12N4O2. The standard InChI is InChI=1S/C12H12N4O2/c1-16-5-3-8(6-11(16)17)12(18)15-10-2-4-14-7-9(10)13/h2-7H,13H2,1H3,(H,14,15,18). The van der Waals surface area contributed by atoms with Crippen molar-refractivity contribution in [2.45, 2.75) is 0 Å². The lowest BCUT2D eigenvalue weighted by Crippen LogP contribution is -2.20. The van der Waals surface area contributed by atoms with Gasteiger partial charge >= 0.3 is 0 Å². The number of hydrogen-bond acceptors (Lipinski definition) is 4. The van der Waals surface area contributed by atoms with Crippen LogP contribution in [0.5, 0.6) is 0 Å². The van der Waals surface area contributed by atoms with E-state index in [9.17, 15) is 9.59 Å². The molecule has 0 fully saturated rings. The van der Waals surface area contributed by atoms with Crippen molar-refractivity contribution in [3.63, 3.8) is 0 Å². The normalized spacial score (nSPS) is 10.1. The molecule has 6 heteroatoms. The summed E-state index contributed by atoms with van der Waals surface area (Å²) in [5.74, 6) is -0.384. The number of nitrogens with one attached hydrogen (secondary N) is 1. The molecule has 3 N–H and O–H groups in total. The summed E-state index contributed by atoms with van der Waals surface area (Å²) in [6.45, 7) is 0. The van der Waals surface area contributed by atoms with Crippen molar-refractivity contribution in [3.8, 4) is 0 Å². The van der Waals surface area contributed by atoms with Crippen LogP contribution < -0.4 is 16.6 Å². The number of hydrogen-bond donors (Lipinski definition) is 2. The molecule has 0 unspecified atom stereocenters. The van der Waals surface area contributed by atoms with Crippen LogP contribution >= 0.6 is 0 Å². The summed E-state index contributed by atoms with van der Waals surface area (Å²) < 4.78 is 1.39. The molecule has 18 heavy (non-hydrogen) atoms. The van der Waals surface area contributed by atoms with E-state index in [2.05, 4.69) is 10.3 Å². The summed E-state index contributed by atoms with van der Waals surface area (Å²) in [4.78, 5) is 27.1. The summed E-state index contributed by atoms with van der Waals surface area (Å²) >= 11 is 0. The third-order valence-electron chi connectivity index (χ3n) is 2.47. The van der Waals surface area contributed by atoms with Crippen molar-refractivity contribution < 1.29 is 4.79 Å². The highest BCUT2D eigenvalue weighted by Gasteiger charge is 2.08.